The van der Waals surface area contributed by atoms with Crippen LogP contribution in [0.5, 0.6) is 0 Å². The molecule has 0 saturated carbocycles. The average molecular weight is 264 g/mol. The molecule has 0 spiro atoms. The molecule has 0 aliphatic carbocycles. The van der Waals surface area contributed by atoms with E-state index in [1.807, 2.05) is 24.7 Å². The van der Waals surface area contributed by atoms with Gasteiger partial charge in [-0.2, -0.15) is 0 Å². The first kappa shape index (κ1) is 14.1. The van der Waals surface area contributed by atoms with Gasteiger partial charge < -0.3 is 14.8 Å². The van der Waals surface area contributed by atoms with Crippen LogP contribution in [0.4, 0.5) is 0 Å². The number of carbonyl (C=O) groups is 1. The number of nitrogens with zero attached hydrogens (tertiary/aromatic N) is 3. The predicted molar refractivity (Wildman–Crippen MR) is 74.7 cm³/mol. The zero-order valence-corrected chi connectivity index (χ0v) is 12.1. The first-order valence-electron chi connectivity index (χ1n) is 7.11. The van der Waals surface area contributed by atoms with Gasteiger partial charge in [0.2, 0.25) is 5.91 Å². The van der Waals surface area contributed by atoms with Crippen molar-refractivity contribution in [2.24, 2.45) is 0 Å². The van der Waals surface area contributed by atoms with E-state index < -0.39 is 0 Å². The van der Waals surface area contributed by atoms with Crippen LogP contribution in [0.3, 0.4) is 0 Å². The maximum atomic E-state index is 12.0. The Kier molecular flexibility index (Phi) is 4.58. The van der Waals surface area contributed by atoms with Gasteiger partial charge in [0.25, 0.3) is 0 Å². The Balaban J connectivity index is 2.07. The first-order chi connectivity index (χ1) is 9.11. The van der Waals surface area contributed by atoms with E-state index in [2.05, 4.69) is 17.2 Å². The van der Waals surface area contributed by atoms with Crippen molar-refractivity contribution in [3.8, 4) is 0 Å². The maximum Gasteiger partial charge on any atom is 0.242 e. The third kappa shape index (κ3) is 3.35. The summed E-state index contributed by atoms with van der Waals surface area (Å²) in [5.74, 6) is 0.130. The summed E-state index contributed by atoms with van der Waals surface area (Å²) in [5.41, 5.74) is 1.13. The second-order valence-electron chi connectivity index (χ2n) is 5.41. The molecule has 5 heteroatoms. The lowest BCUT2D eigenvalue weighted by atomic mass is 9.97. The number of aromatic nitrogens is 2. The molecule has 1 fully saturated rings. The summed E-state index contributed by atoms with van der Waals surface area (Å²) in [7, 11) is 1.83. The van der Waals surface area contributed by atoms with Gasteiger partial charge in [-0.25, -0.2) is 4.98 Å². The number of amides is 1. The lowest BCUT2D eigenvalue weighted by molar-refractivity contribution is -0.130. The molecular formula is C14H24N4O. The molecule has 1 aliphatic heterocycles. The highest BCUT2D eigenvalue weighted by Crippen LogP contribution is 2.25. The Morgan fingerprint density at radius 1 is 1.58 bits per heavy atom. The van der Waals surface area contributed by atoms with Crippen molar-refractivity contribution >= 4 is 5.91 Å². The smallest absolute Gasteiger partial charge is 0.242 e. The minimum atomic E-state index is 0.130. The summed E-state index contributed by atoms with van der Waals surface area (Å²) >= 11 is 0. The van der Waals surface area contributed by atoms with E-state index in [1.165, 1.54) is 12.8 Å². The third-order valence-corrected chi connectivity index (χ3v) is 3.92. The van der Waals surface area contributed by atoms with Crippen molar-refractivity contribution < 1.29 is 4.79 Å². The van der Waals surface area contributed by atoms with Crippen LogP contribution in [0.15, 0.2) is 12.5 Å². The molecule has 1 aromatic rings. The minimum absolute atomic E-state index is 0.130. The summed E-state index contributed by atoms with van der Waals surface area (Å²) in [6, 6.07) is 0.863. The topological polar surface area (TPSA) is 50.2 Å². The SMILES string of the molecule is CCN(C)C(=O)Cn1cncc1C1CCCC(C)N1. The van der Waals surface area contributed by atoms with Gasteiger partial charge >= 0.3 is 0 Å². The van der Waals surface area contributed by atoms with Crippen molar-refractivity contribution in [2.45, 2.75) is 51.7 Å². The third-order valence-electron chi connectivity index (χ3n) is 3.92. The summed E-state index contributed by atoms with van der Waals surface area (Å²) in [4.78, 5) is 17.9. The number of nitrogens with one attached hydrogen (secondary N) is 1. The van der Waals surface area contributed by atoms with Gasteiger partial charge in [0.15, 0.2) is 0 Å². The van der Waals surface area contributed by atoms with Gasteiger partial charge in [-0.15, -0.1) is 0 Å². The lowest BCUT2D eigenvalue weighted by Crippen LogP contribution is -2.36. The molecule has 1 aliphatic rings. The fraction of sp³-hybridized carbons (Fsp3) is 0.714. The fourth-order valence-corrected chi connectivity index (χ4v) is 2.57. The highest BCUT2D eigenvalue weighted by Gasteiger charge is 2.23. The summed E-state index contributed by atoms with van der Waals surface area (Å²) in [6.45, 7) is 5.31. The number of hydrogen-bond donors (Lipinski definition) is 1. The van der Waals surface area contributed by atoms with E-state index in [0.29, 0.717) is 18.6 Å². The molecule has 2 heterocycles. The molecule has 1 aromatic heterocycles. The largest absolute Gasteiger partial charge is 0.344 e. The summed E-state index contributed by atoms with van der Waals surface area (Å²) in [5, 5.41) is 3.59. The Morgan fingerprint density at radius 3 is 3.05 bits per heavy atom. The van der Waals surface area contributed by atoms with Crippen molar-refractivity contribution in [3.05, 3.63) is 18.2 Å². The van der Waals surface area contributed by atoms with Crippen molar-refractivity contribution in [2.75, 3.05) is 13.6 Å². The molecular weight excluding hydrogens is 240 g/mol. The molecule has 2 unspecified atom stereocenters. The van der Waals surface area contributed by atoms with E-state index in [-0.39, 0.29) is 5.91 Å². The number of rotatable bonds is 4. The van der Waals surface area contributed by atoms with Crippen LogP contribution in [0, 0.1) is 0 Å². The summed E-state index contributed by atoms with van der Waals surface area (Å²) in [6.07, 6.45) is 7.22. The van der Waals surface area contributed by atoms with Crippen LogP contribution in [0.1, 0.15) is 44.8 Å². The highest BCUT2D eigenvalue weighted by atomic mass is 16.2. The second-order valence-corrected chi connectivity index (χ2v) is 5.41. The highest BCUT2D eigenvalue weighted by molar-refractivity contribution is 5.75. The number of likely N-dealkylation sites (N-methyl/N-ethyl adjacent to an activating group) is 1. The van der Waals surface area contributed by atoms with E-state index in [1.54, 1.807) is 11.2 Å². The van der Waals surface area contributed by atoms with Crippen molar-refractivity contribution in [1.29, 1.82) is 0 Å². The lowest BCUT2D eigenvalue weighted by Gasteiger charge is -2.29. The standard InChI is InChI=1S/C14H24N4O/c1-4-17(3)14(19)9-18-10-15-8-13(18)12-7-5-6-11(2)16-12/h8,10-12,16H,4-7,9H2,1-3H3. The van der Waals surface area contributed by atoms with Gasteiger partial charge in [-0.05, 0) is 33.1 Å². The molecule has 5 nitrogen and oxygen atoms in total. The van der Waals surface area contributed by atoms with Crippen molar-refractivity contribution in [3.63, 3.8) is 0 Å². The number of hydrogen-bond acceptors (Lipinski definition) is 3. The molecule has 1 saturated heterocycles. The van der Waals surface area contributed by atoms with Crippen LogP contribution in [-0.2, 0) is 11.3 Å². The van der Waals surface area contributed by atoms with E-state index in [0.717, 1.165) is 18.7 Å². The molecule has 1 amide bonds. The molecule has 1 N–H and O–H groups in total. The van der Waals surface area contributed by atoms with Crippen LogP contribution >= 0.6 is 0 Å². The predicted octanol–water partition coefficient (Wildman–Crippen LogP) is 1.56. The number of piperidine rings is 1. The zero-order valence-electron chi connectivity index (χ0n) is 12.1. The van der Waals surface area contributed by atoms with Crippen LogP contribution in [-0.4, -0.2) is 40.0 Å². The van der Waals surface area contributed by atoms with Gasteiger partial charge in [-0.1, -0.05) is 0 Å². The minimum Gasteiger partial charge on any atom is -0.344 e. The van der Waals surface area contributed by atoms with Crippen molar-refractivity contribution in [1.82, 2.24) is 19.8 Å². The number of carbonyl (C=O) groups excluding carboxylic acids is 1. The normalized spacial score (nSPS) is 23.3. The van der Waals surface area contributed by atoms with Gasteiger partial charge in [0.05, 0.1) is 12.0 Å². The molecule has 19 heavy (non-hydrogen) atoms. The summed E-state index contributed by atoms with van der Waals surface area (Å²) < 4.78 is 1.98. The Morgan fingerprint density at radius 2 is 2.37 bits per heavy atom. The Labute approximate surface area is 115 Å². The van der Waals surface area contributed by atoms with Gasteiger partial charge in [-0.3, -0.25) is 4.79 Å². The molecule has 106 valence electrons. The van der Waals surface area contributed by atoms with Crippen LogP contribution < -0.4 is 5.32 Å². The molecule has 2 atom stereocenters. The molecule has 0 bridgehead atoms. The zero-order chi connectivity index (χ0) is 13.8. The molecule has 0 aromatic carbocycles. The monoisotopic (exact) mass is 264 g/mol. The van der Waals surface area contributed by atoms with E-state index >= 15 is 0 Å². The Bertz CT molecular complexity index is 429. The number of imidazole rings is 1. The van der Waals surface area contributed by atoms with Gasteiger partial charge in [0.1, 0.15) is 6.54 Å². The van der Waals surface area contributed by atoms with Crippen LogP contribution in [0.2, 0.25) is 0 Å². The van der Waals surface area contributed by atoms with E-state index in [9.17, 15) is 4.79 Å². The van der Waals surface area contributed by atoms with Crippen LogP contribution in [0.25, 0.3) is 0 Å². The molecule has 2 rings (SSSR count). The quantitative estimate of drug-likeness (QED) is 0.898. The fourth-order valence-electron chi connectivity index (χ4n) is 2.57. The second kappa shape index (κ2) is 6.19. The molecule has 0 radical (unpaired) electrons. The van der Waals surface area contributed by atoms with E-state index in [4.69, 9.17) is 0 Å². The Hall–Kier alpha value is -1.36. The van der Waals surface area contributed by atoms with Gasteiger partial charge in [0, 0.05) is 31.9 Å². The average Bonchev–Trinajstić information content (AvgIpc) is 2.85. The maximum absolute atomic E-state index is 12.0. The first-order valence-corrected chi connectivity index (χ1v) is 7.11.